The highest BCUT2D eigenvalue weighted by atomic mass is 16.2. The van der Waals surface area contributed by atoms with Gasteiger partial charge in [-0.15, -0.1) is 0 Å². The Bertz CT molecular complexity index is 514. The van der Waals surface area contributed by atoms with Crippen LogP contribution in [-0.2, 0) is 9.59 Å². The zero-order chi connectivity index (χ0) is 14.1. The van der Waals surface area contributed by atoms with Crippen LogP contribution in [0.2, 0.25) is 0 Å². The van der Waals surface area contributed by atoms with Crippen molar-refractivity contribution in [3.8, 4) is 0 Å². The van der Waals surface area contributed by atoms with Crippen LogP contribution >= 0.6 is 0 Å². The van der Waals surface area contributed by atoms with E-state index in [0.717, 1.165) is 25.1 Å². The van der Waals surface area contributed by atoms with Crippen LogP contribution in [0.4, 0.5) is 0 Å². The maximum atomic E-state index is 12.6. The van der Waals surface area contributed by atoms with Crippen molar-refractivity contribution in [2.75, 3.05) is 13.1 Å². The summed E-state index contributed by atoms with van der Waals surface area (Å²) in [7, 11) is 0. The number of rotatable bonds is 2. The lowest BCUT2D eigenvalue weighted by Gasteiger charge is -2.35. The van der Waals surface area contributed by atoms with Gasteiger partial charge in [0.05, 0.1) is 12.0 Å². The molecule has 20 heavy (non-hydrogen) atoms. The van der Waals surface area contributed by atoms with Gasteiger partial charge in [0, 0.05) is 13.0 Å². The molecule has 1 N–H and O–H groups in total. The van der Waals surface area contributed by atoms with E-state index < -0.39 is 0 Å². The summed E-state index contributed by atoms with van der Waals surface area (Å²) in [5, 5.41) is 3.29. The molecule has 1 aromatic carbocycles. The van der Waals surface area contributed by atoms with Crippen molar-refractivity contribution >= 4 is 11.8 Å². The van der Waals surface area contributed by atoms with Gasteiger partial charge >= 0.3 is 0 Å². The summed E-state index contributed by atoms with van der Waals surface area (Å²) >= 11 is 0. The summed E-state index contributed by atoms with van der Waals surface area (Å²) in [5.74, 6) is 0.0302. The van der Waals surface area contributed by atoms with E-state index in [1.54, 1.807) is 0 Å². The number of carbonyl (C=O) groups is 2. The van der Waals surface area contributed by atoms with Crippen LogP contribution in [0.3, 0.4) is 0 Å². The van der Waals surface area contributed by atoms with Crippen LogP contribution in [0.1, 0.15) is 31.2 Å². The molecule has 2 saturated heterocycles. The molecule has 1 aromatic rings. The third-order valence-corrected chi connectivity index (χ3v) is 4.50. The minimum atomic E-state index is -0.294. The summed E-state index contributed by atoms with van der Waals surface area (Å²) in [4.78, 5) is 26.5. The fourth-order valence-electron chi connectivity index (χ4n) is 3.26. The molecule has 3 unspecified atom stereocenters. The van der Waals surface area contributed by atoms with Crippen molar-refractivity contribution in [3.05, 3.63) is 35.9 Å². The van der Waals surface area contributed by atoms with Gasteiger partial charge in [-0.3, -0.25) is 14.5 Å². The SMILES string of the molecule is CC1CCNCC1N1C(=O)CC(c2ccccc2)C1=O. The van der Waals surface area contributed by atoms with E-state index in [4.69, 9.17) is 0 Å². The van der Waals surface area contributed by atoms with Gasteiger partial charge in [-0.2, -0.15) is 0 Å². The predicted molar refractivity (Wildman–Crippen MR) is 76.1 cm³/mol. The van der Waals surface area contributed by atoms with E-state index in [2.05, 4.69) is 12.2 Å². The van der Waals surface area contributed by atoms with E-state index in [0.29, 0.717) is 12.3 Å². The van der Waals surface area contributed by atoms with Gasteiger partial charge in [-0.1, -0.05) is 37.3 Å². The Balaban J connectivity index is 1.83. The number of likely N-dealkylation sites (tertiary alicyclic amines) is 1. The Labute approximate surface area is 119 Å². The topological polar surface area (TPSA) is 49.4 Å². The highest BCUT2D eigenvalue weighted by Gasteiger charge is 2.44. The van der Waals surface area contributed by atoms with Crippen molar-refractivity contribution in [1.82, 2.24) is 10.2 Å². The van der Waals surface area contributed by atoms with Crippen LogP contribution in [0.15, 0.2) is 30.3 Å². The standard InChI is InChI=1S/C16H20N2O2/c1-11-7-8-17-10-14(11)18-15(19)9-13(16(18)20)12-5-3-2-4-6-12/h2-6,11,13-14,17H,7-10H2,1H3. The minimum Gasteiger partial charge on any atom is -0.315 e. The van der Waals surface area contributed by atoms with Crippen molar-refractivity contribution in [2.24, 2.45) is 5.92 Å². The average molecular weight is 272 g/mol. The van der Waals surface area contributed by atoms with Gasteiger partial charge in [-0.05, 0) is 24.4 Å². The highest BCUT2D eigenvalue weighted by Crippen LogP contribution is 2.33. The molecule has 3 atom stereocenters. The largest absolute Gasteiger partial charge is 0.315 e. The quantitative estimate of drug-likeness (QED) is 0.831. The third kappa shape index (κ3) is 2.24. The fourth-order valence-corrected chi connectivity index (χ4v) is 3.26. The maximum absolute atomic E-state index is 12.6. The second-order valence-corrected chi connectivity index (χ2v) is 5.81. The summed E-state index contributed by atoms with van der Waals surface area (Å²) in [5.41, 5.74) is 0.949. The normalized spacial score (nSPS) is 30.9. The van der Waals surface area contributed by atoms with Gasteiger partial charge in [-0.25, -0.2) is 0 Å². The van der Waals surface area contributed by atoms with E-state index in [9.17, 15) is 9.59 Å². The lowest BCUT2D eigenvalue weighted by atomic mass is 9.93. The molecule has 2 aliphatic rings. The summed E-state index contributed by atoms with van der Waals surface area (Å²) < 4.78 is 0. The van der Waals surface area contributed by atoms with E-state index in [1.807, 2.05) is 30.3 Å². The van der Waals surface area contributed by atoms with Crippen molar-refractivity contribution in [2.45, 2.75) is 31.7 Å². The lowest BCUT2D eigenvalue weighted by molar-refractivity contribution is -0.143. The zero-order valence-electron chi connectivity index (χ0n) is 11.7. The zero-order valence-corrected chi connectivity index (χ0v) is 11.7. The van der Waals surface area contributed by atoms with Gasteiger partial charge in [0.1, 0.15) is 0 Å². The highest BCUT2D eigenvalue weighted by molar-refractivity contribution is 6.06. The second-order valence-electron chi connectivity index (χ2n) is 5.81. The first-order valence-corrected chi connectivity index (χ1v) is 7.30. The van der Waals surface area contributed by atoms with Crippen LogP contribution in [0.5, 0.6) is 0 Å². The van der Waals surface area contributed by atoms with Gasteiger partial charge in [0.25, 0.3) is 0 Å². The number of nitrogens with one attached hydrogen (secondary N) is 1. The van der Waals surface area contributed by atoms with Crippen molar-refractivity contribution < 1.29 is 9.59 Å². The molecule has 2 fully saturated rings. The van der Waals surface area contributed by atoms with Crippen LogP contribution < -0.4 is 5.32 Å². The molecule has 0 aliphatic carbocycles. The molecule has 2 heterocycles. The lowest BCUT2D eigenvalue weighted by Crippen LogP contribution is -2.52. The van der Waals surface area contributed by atoms with Crippen LogP contribution in [0.25, 0.3) is 0 Å². The molecule has 2 aliphatic heterocycles. The Kier molecular flexibility index (Phi) is 3.57. The minimum absolute atomic E-state index is 0.0115. The smallest absolute Gasteiger partial charge is 0.237 e. The summed E-state index contributed by atoms with van der Waals surface area (Å²) in [6.45, 7) is 3.82. The first kappa shape index (κ1) is 13.3. The van der Waals surface area contributed by atoms with Crippen molar-refractivity contribution in [3.63, 3.8) is 0 Å². The Morgan fingerprint density at radius 3 is 2.65 bits per heavy atom. The van der Waals surface area contributed by atoms with Crippen LogP contribution in [0, 0.1) is 5.92 Å². The molecule has 3 rings (SSSR count). The van der Waals surface area contributed by atoms with Gasteiger partial charge in [0.15, 0.2) is 0 Å². The molecular weight excluding hydrogens is 252 g/mol. The number of amides is 2. The van der Waals surface area contributed by atoms with Crippen molar-refractivity contribution in [1.29, 1.82) is 0 Å². The Morgan fingerprint density at radius 2 is 1.95 bits per heavy atom. The average Bonchev–Trinajstić information content (AvgIpc) is 2.76. The molecule has 106 valence electrons. The van der Waals surface area contributed by atoms with E-state index >= 15 is 0 Å². The summed E-state index contributed by atoms with van der Waals surface area (Å²) in [6, 6.07) is 9.64. The molecule has 0 radical (unpaired) electrons. The number of imide groups is 1. The van der Waals surface area contributed by atoms with Gasteiger partial charge in [0.2, 0.25) is 11.8 Å². The first-order valence-electron chi connectivity index (χ1n) is 7.30. The summed E-state index contributed by atoms with van der Waals surface area (Å²) in [6.07, 6.45) is 1.32. The third-order valence-electron chi connectivity index (χ3n) is 4.50. The predicted octanol–water partition coefficient (Wildman–Crippen LogP) is 1.53. The molecule has 0 bridgehead atoms. The maximum Gasteiger partial charge on any atom is 0.237 e. The first-order chi connectivity index (χ1) is 9.68. The van der Waals surface area contributed by atoms with Gasteiger partial charge < -0.3 is 5.32 Å². The number of piperidine rings is 1. The molecule has 0 aromatic heterocycles. The molecule has 4 heteroatoms. The van der Waals surface area contributed by atoms with E-state index in [-0.39, 0.29) is 23.8 Å². The molecule has 4 nitrogen and oxygen atoms in total. The number of hydrogen-bond acceptors (Lipinski definition) is 3. The molecular formula is C16H20N2O2. The molecule has 0 saturated carbocycles. The number of hydrogen-bond donors (Lipinski definition) is 1. The van der Waals surface area contributed by atoms with E-state index in [1.165, 1.54) is 4.90 Å². The number of benzene rings is 1. The molecule has 2 amide bonds. The number of nitrogens with zero attached hydrogens (tertiary/aromatic N) is 1. The fraction of sp³-hybridized carbons (Fsp3) is 0.500. The molecule has 0 spiro atoms. The monoisotopic (exact) mass is 272 g/mol. The Morgan fingerprint density at radius 1 is 1.20 bits per heavy atom. The second kappa shape index (κ2) is 5.37. The number of carbonyl (C=O) groups excluding carboxylic acids is 2. The Hall–Kier alpha value is -1.68. The van der Waals surface area contributed by atoms with Crippen LogP contribution in [-0.4, -0.2) is 35.8 Å².